The molecule has 0 heterocycles. The van der Waals surface area contributed by atoms with Crippen LogP contribution in [0.1, 0.15) is 11.1 Å². The van der Waals surface area contributed by atoms with Crippen LogP contribution in [0.15, 0.2) is 83.8 Å². The SMILES string of the molecule is Cc1ccc(Nc2cc(Nc3ccc(C)cc3)c3c(S(=O)(=O)O)cccc3c2)cc1. The topological polar surface area (TPSA) is 78.4 Å². The molecule has 0 unspecified atom stereocenters. The second-order valence-corrected chi connectivity index (χ2v) is 8.73. The average Bonchev–Trinajstić information content (AvgIpc) is 2.70. The first-order valence-corrected chi connectivity index (χ1v) is 11.0. The van der Waals surface area contributed by atoms with Crippen molar-refractivity contribution < 1.29 is 13.0 Å². The molecule has 0 saturated carbocycles. The van der Waals surface area contributed by atoms with Gasteiger partial charge in [-0.15, -0.1) is 0 Å². The van der Waals surface area contributed by atoms with Gasteiger partial charge in [0.2, 0.25) is 0 Å². The van der Waals surface area contributed by atoms with Crippen molar-refractivity contribution in [2.75, 3.05) is 10.6 Å². The van der Waals surface area contributed by atoms with Gasteiger partial charge < -0.3 is 10.6 Å². The van der Waals surface area contributed by atoms with E-state index in [0.29, 0.717) is 16.5 Å². The number of nitrogens with one attached hydrogen (secondary N) is 2. The summed E-state index contributed by atoms with van der Waals surface area (Å²) in [7, 11) is -4.39. The first kappa shape index (κ1) is 19.9. The molecule has 0 aliphatic carbocycles. The molecule has 0 saturated heterocycles. The Morgan fingerprint density at radius 2 is 1.27 bits per heavy atom. The second kappa shape index (κ2) is 7.82. The molecule has 0 aliphatic rings. The minimum Gasteiger partial charge on any atom is -0.355 e. The van der Waals surface area contributed by atoms with E-state index in [4.69, 9.17) is 0 Å². The van der Waals surface area contributed by atoms with Gasteiger partial charge in [-0.2, -0.15) is 8.42 Å². The molecule has 4 rings (SSSR count). The highest BCUT2D eigenvalue weighted by Crippen LogP contribution is 2.36. The van der Waals surface area contributed by atoms with Crippen molar-refractivity contribution in [1.29, 1.82) is 0 Å². The van der Waals surface area contributed by atoms with Crippen LogP contribution < -0.4 is 10.6 Å². The van der Waals surface area contributed by atoms with Gasteiger partial charge in [-0.1, -0.05) is 47.5 Å². The van der Waals surface area contributed by atoms with Crippen LogP contribution in [-0.2, 0) is 10.1 Å². The van der Waals surface area contributed by atoms with E-state index < -0.39 is 10.1 Å². The Hall–Kier alpha value is -3.35. The fourth-order valence-electron chi connectivity index (χ4n) is 3.38. The van der Waals surface area contributed by atoms with Crippen LogP contribution in [0.3, 0.4) is 0 Å². The van der Waals surface area contributed by atoms with E-state index in [-0.39, 0.29) is 4.90 Å². The number of benzene rings is 4. The van der Waals surface area contributed by atoms with Crippen LogP contribution in [-0.4, -0.2) is 13.0 Å². The van der Waals surface area contributed by atoms with E-state index in [1.807, 2.05) is 80.6 Å². The van der Waals surface area contributed by atoms with Gasteiger partial charge in [0, 0.05) is 28.1 Å². The minimum absolute atomic E-state index is 0.128. The van der Waals surface area contributed by atoms with Gasteiger partial charge >= 0.3 is 0 Å². The Morgan fingerprint density at radius 3 is 1.83 bits per heavy atom. The van der Waals surface area contributed by atoms with E-state index in [1.165, 1.54) is 11.6 Å². The number of hydrogen-bond acceptors (Lipinski definition) is 4. The van der Waals surface area contributed by atoms with Crippen molar-refractivity contribution in [1.82, 2.24) is 0 Å². The molecule has 4 aromatic rings. The Morgan fingerprint density at radius 1 is 0.700 bits per heavy atom. The molecule has 3 N–H and O–H groups in total. The van der Waals surface area contributed by atoms with E-state index in [9.17, 15) is 13.0 Å². The van der Waals surface area contributed by atoms with Crippen LogP contribution in [0.4, 0.5) is 22.7 Å². The highest BCUT2D eigenvalue weighted by Gasteiger charge is 2.18. The van der Waals surface area contributed by atoms with Crippen LogP contribution in [0.2, 0.25) is 0 Å². The fourth-order valence-corrected chi connectivity index (χ4v) is 4.11. The fraction of sp³-hybridized carbons (Fsp3) is 0.0833. The standard InChI is InChI=1S/C24H22N2O3S/c1-16-6-10-19(11-7-16)25-21-14-18-4-3-5-23(30(27,28)29)24(18)22(15-21)26-20-12-8-17(2)9-13-20/h3-15,25-26H,1-2H3,(H,27,28,29). The van der Waals surface area contributed by atoms with E-state index >= 15 is 0 Å². The molecular weight excluding hydrogens is 396 g/mol. The third kappa shape index (κ3) is 4.30. The summed E-state index contributed by atoms with van der Waals surface area (Å²) >= 11 is 0. The number of rotatable bonds is 5. The van der Waals surface area contributed by atoms with Gasteiger partial charge in [0.05, 0.1) is 0 Å². The Balaban J connectivity index is 1.87. The Bertz CT molecular complexity index is 1310. The summed E-state index contributed by atoms with van der Waals surface area (Å²) in [5.41, 5.74) is 5.41. The number of anilines is 4. The second-order valence-electron chi connectivity index (χ2n) is 7.34. The summed E-state index contributed by atoms with van der Waals surface area (Å²) in [4.78, 5) is -0.128. The molecule has 4 aromatic carbocycles. The minimum atomic E-state index is -4.39. The van der Waals surface area contributed by atoms with Crippen LogP contribution >= 0.6 is 0 Å². The van der Waals surface area contributed by atoms with E-state index in [2.05, 4.69) is 10.6 Å². The molecule has 152 valence electrons. The number of aryl methyl sites for hydroxylation is 2. The molecule has 0 aliphatic heterocycles. The lowest BCUT2D eigenvalue weighted by Crippen LogP contribution is -2.02. The highest BCUT2D eigenvalue weighted by atomic mass is 32.2. The molecular formula is C24H22N2O3S. The predicted molar refractivity (Wildman–Crippen MR) is 123 cm³/mol. The molecule has 0 spiro atoms. The van der Waals surface area contributed by atoms with Crippen LogP contribution in [0.25, 0.3) is 10.8 Å². The molecule has 0 radical (unpaired) electrons. The van der Waals surface area contributed by atoms with Crippen LogP contribution in [0, 0.1) is 13.8 Å². The third-order valence-corrected chi connectivity index (χ3v) is 5.78. The summed E-state index contributed by atoms with van der Waals surface area (Å²) in [5.74, 6) is 0. The normalized spacial score (nSPS) is 11.4. The van der Waals surface area contributed by atoms with E-state index in [0.717, 1.165) is 22.6 Å². The molecule has 6 heteroatoms. The number of fused-ring (bicyclic) bond motifs is 1. The lowest BCUT2D eigenvalue weighted by molar-refractivity contribution is 0.484. The maximum absolute atomic E-state index is 12.0. The summed E-state index contributed by atoms with van der Waals surface area (Å²) in [6, 6.07) is 24.4. The van der Waals surface area contributed by atoms with Gasteiger partial charge in [-0.05, 0) is 61.7 Å². The van der Waals surface area contributed by atoms with Crippen molar-refractivity contribution in [3.8, 4) is 0 Å². The molecule has 0 atom stereocenters. The largest absolute Gasteiger partial charge is 0.355 e. The average molecular weight is 419 g/mol. The summed E-state index contributed by atoms with van der Waals surface area (Å²) in [5, 5.41) is 7.80. The van der Waals surface area contributed by atoms with E-state index in [1.54, 1.807) is 6.07 Å². The smallest absolute Gasteiger partial charge is 0.295 e. The first-order chi connectivity index (χ1) is 14.3. The van der Waals surface area contributed by atoms with Gasteiger partial charge in [-0.3, -0.25) is 4.55 Å². The van der Waals surface area contributed by atoms with Crippen molar-refractivity contribution >= 4 is 43.6 Å². The zero-order valence-electron chi connectivity index (χ0n) is 16.7. The first-order valence-electron chi connectivity index (χ1n) is 9.51. The number of hydrogen-bond donors (Lipinski definition) is 3. The Labute approximate surface area is 176 Å². The molecule has 0 bridgehead atoms. The van der Waals surface area contributed by atoms with Crippen molar-refractivity contribution in [3.05, 3.63) is 90.0 Å². The van der Waals surface area contributed by atoms with Crippen LogP contribution in [0.5, 0.6) is 0 Å². The lowest BCUT2D eigenvalue weighted by atomic mass is 10.1. The maximum Gasteiger partial charge on any atom is 0.295 e. The molecule has 0 fully saturated rings. The monoisotopic (exact) mass is 418 g/mol. The molecule has 0 amide bonds. The molecule has 0 aromatic heterocycles. The van der Waals surface area contributed by atoms with Gasteiger partial charge in [0.25, 0.3) is 10.1 Å². The maximum atomic E-state index is 12.0. The summed E-state index contributed by atoms with van der Waals surface area (Å²) in [6.45, 7) is 4.03. The lowest BCUT2D eigenvalue weighted by Gasteiger charge is -2.16. The zero-order chi connectivity index (χ0) is 21.3. The van der Waals surface area contributed by atoms with Gasteiger partial charge in [-0.25, -0.2) is 0 Å². The zero-order valence-corrected chi connectivity index (χ0v) is 17.5. The quantitative estimate of drug-likeness (QED) is 0.337. The van der Waals surface area contributed by atoms with Crippen molar-refractivity contribution in [3.63, 3.8) is 0 Å². The summed E-state index contributed by atoms with van der Waals surface area (Å²) in [6.07, 6.45) is 0. The molecule has 30 heavy (non-hydrogen) atoms. The van der Waals surface area contributed by atoms with Crippen molar-refractivity contribution in [2.45, 2.75) is 18.7 Å². The van der Waals surface area contributed by atoms with Gasteiger partial charge in [0.1, 0.15) is 4.90 Å². The predicted octanol–water partition coefficient (Wildman–Crippen LogP) is 6.19. The van der Waals surface area contributed by atoms with Gasteiger partial charge in [0.15, 0.2) is 0 Å². The highest BCUT2D eigenvalue weighted by molar-refractivity contribution is 7.86. The molecule has 5 nitrogen and oxygen atoms in total. The van der Waals surface area contributed by atoms with Crippen molar-refractivity contribution in [2.24, 2.45) is 0 Å². The Kier molecular flexibility index (Phi) is 5.20. The summed E-state index contributed by atoms with van der Waals surface area (Å²) < 4.78 is 33.8. The third-order valence-electron chi connectivity index (χ3n) is 4.89.